The number of rotatable bonds is 2. The summed E-state index contributed by atoms with van der Waals surface area (Å²) >= 11 is 0. The third-order valence-corrected chi connectivity index (χ3v) is 3.78. The first-order chi connectivity index (χ1) is 10.0. The summed E-state index contributed by atoms with van der Waals surface area (Å²) in [6, 6.07) is -0.354. The van der Waals surface area contributed by atoms with Crippen molar-refractivity contribution in [3.63, 3.8) is 0 Å². The second-order valence-corrected chi connectivity index (χ2v) is 5.56. The molecule has 0 saturated heterocycles. The lowest BCUT2D eigenvalue weighted by atomic mass is 9.94. The molecule has 0 saturated carbocycles. The normalized spacial score (nSPS) is 15.6. The Labute approximate surface area is 123 Å². The lowest BCUT2D eigenvalue weighted by Gasteiger charge is -2.30. The predicted octanol–water partition coefficient (Wildman–Crippen LogP) is 4.19. The fourth-order valence-electron chi connectivity index (χ4n) is 1.52. The van der Waals surface area contributed by atoms with Crippen molar-refractivity contribution in [3.8, 4) is 0 Å². The molecule has 132 valence electrons. The lowest BCUT2D eigenvalue weighted by Crippen LogP contribution is -2.50. The van der Waals surface area contributed by atoms with Gasteiger partial charge in [0.25, 0.3) is 0 Å². The van der Waals surface area contributed by atoms with Gasteiger partial charge in [-0.3, -0.25) is 0 Å². The zero-order chi connectivity index (χ0) is 18.4. The summed E-state index contributed by atoms with van der Waals surface area (Å²) in [5.41, 5.74) is -9.70. The minimum Gasteiger partial charge on any atom is -0.398 e. The highest BCUT2D eigenvalue weighted by atomic mass is 32.2. The van der Waals surface area contributed by atoms with Crippen LogP contribution < -0.4 is 5.73 Å². The van der Waals surface area contributed by atoms with Crippen molar-refractivity contribution in [2.75, 3.05) is 5.73 Å². The largest absolute Gasteiger partial charge is 0.475 e. The maximum Gasteiger partial charge on any atom is 0.475 e. The second-order valence-electron chi connectivity index (χ2n) is 4.12. The monoisotopic (exact) mass is 377 g/mol. The third kappa shape index (κ3) is 3.38. The number of alkyl halides is 10. The van der Waals surface area contributed by atoms with Crippen LogP contribution in [0.25, 0.3) is 0 Å². The fourth-order valence-corrected chi connectivity index (χ4v) is 2.29. The summed E-state index contributed by atoms with van der Waals surface area (Å²) in [6.45, 7) is 0. The van der Waals surface area contributed by atoms with Crippen molar-refractivity contribution in [3.05, 3.63) is 23.8 Å². The Morgan fingerprint density at radius 3 is 1.61 bits per heavy atom. The van der Waals surface area contributed by atoms with Crippen LogP contribution in [-0.2, 0) is 16.5 Å². The van der Waals surface area contributed by atoms with Crippen molar-refractivity contribution in [1.82, 2.24) is 0 Å². The predicted molar refractivity (Wildman–Crippen MR) is 58.2 cm³/mol. The van der Waals surface area contributed by atoms with Gasteiger partial charge in [0.15, 0.2) is 10.8 Å². The molecule has 1 aromatic carbocycles. The molecule has 0 aromatic heterocycles. The highest BCUT2D eigenvalue weighted by Crippen LogP contribution is 2.53. The maximum absolute atomic E-state index is 13.7. The quantitative estimate of drug-likeness (QED) is 0.621. The van der Waals surface area contributed by atoms with Gasteiger partial charge in [-0.15, -0.1) is 0 Å². The molecule has 0 radical (unpaired) electrons. The molecule has 0 heterocycles. The van der Waals surface area contributed by atoms with Gasteiger partial charge in [0.2, 0.25) is 0 Å². The van der Waals surface area contributed by atoms with E-state index < -0.39 is 56.5 Å². The van der Waals surface area contributed by atoms with Gasteiger partial charge in [-0.2, -0.15) is 39.5 Å². The number of benzene rings is 1. The molecule has 0 aliphatic heterocycles. The molecule has 0 spiro atoms. The number of anilines is 1. The molecule has 1 atom stereocenters. The molecule has 1 unspecified atom stereocenters. The van der Waals surface area contributed by atoms with Crippen molar-refractivity contribution in [2.45, 2.75) is 28.4 Å². The first-order valence-corrected chi connectivity index (χ1v) is 6.39. The summed E-state index contributed by atoms with van der Waals surface area (Å²) in [5.74, 6) is 0. The SMILES string of the molecule is Nc1ccc(C(F)(C(F)(F)F)C(F)(F)F)cc1S(=O)C(F)(F)F. The van der Waals surface area contributed by atoms with E-state index in [9.17, 15) is 48.1 Å². The van der Waals surface area contributed by atoms with Crippen molar-refractivity contribution in [2.24, 2.45) is 0 Å². The van der Waals surface area contributed by atoms with Crippen LogP contribution in [0, 0.1) is 0 Å². The smallest absolute Gasteiger partial charge is 0.398 e. The van der Waals surface area contributed by atoms with E-state index in [0.717, 1.165) is 0 Å². The van der Waals surface area contributed by atoms with Crippen LogP contribution in [0.4, 0.5) is 49.6 Å². The van der Waals surface area contributed by atoms with E-state index >= 15 is 0 Å². The number of hydrogen-bond donors (Lipinski definition) is 1. The zero-order valence-electron chi connectivity index (χ0n) is 10.4. The van der Waals surface area contributed by atoms with Crippen LogP contribution in [-0.4, -0.2) is 22.1 Å². The average molecular weight is 377 g/mol. The first kappa shape index (κ1) is 19.5. The van der Waals surface area contributed by atoms with E-state index in [1.54, 1.807) is 0 Å². The Morgan fingerprint density at radius 2 is 1.26 bits per heavy atom. The van der Waals surface area contributed by atoms with Gasteiger partial charge in [0.1, 0.15) is 0 Å². The first-order valence-electron chi connectivity index (χ1n) is 5.24. The van der Waals surface area contributed by atoms with E-state index in [2.05, 4.69) is 0 Å². The topological polar surface area (TPSA) is 43.1 Å². The Balaban J connectivity index is 3.64. The molecule has 0 fully saturated rings. The standard InChI is InChI=1S/C10H5F10NOS/c11-7(8(12,13)14,9(15,16)17)4-1-2-5(21)6(3-4)23(22)10(18,19)20/h1-3H,21H2. The summed E-state index contributed by atoms with van der Waals surface area (Å²) in [5, 5.41) is 0. The molecule has 0 bridgehead atoms. The lowest BCUT2D eigenvalue weighted by molar-refractivity contribution is -0.348. The molecule has 0 amide bonds. The molecule has 13 heteroatoms. The van der Waals surface area contributed by atoms with Gasteiger partial charge >= 0.3 is 23.5 Å². The van der Waals surface area contributed by atoms with Crippen LogP contribution in [0.15, 0.2) is 23.1 Å². The summed E-state index contributed by atoms with van der Waals surface area (Å²) in [7, 11) is -4.04. The van der Waals surface area contributed by atoms with Gasteiger partial charge < -0.3 is 5.73 Å². The number of hydrogen-bond acceptors (Lipinski definition) is 2. The van der Waals surface area contributed by atoms with Crippen molar-refractivity contribution >= 4 is 16.5 Å². The van der Waals surface area contributed by atoms with E-state index in [4.69, 9.17) is 5.73 Å². The molecule has 2 nitrogen and oxygen atoms in total. The van der Waals surface area contributed by atoms with Gasteiger partial charge in [0.05, 0.1) is 4.90 Å². The molecule has 0 aliphatic rings. The molecule has 1 aromatic rings. The minimum atomic E-state index is -6.52. The zero-order valence-corrected chi connectivity index (χ0v) is 11.2. The molecule has 23 heavy (non-hydrogen) atoms. The van der Waals surface area contributed by atoms with Gasteiger partial charge in [-0.25, -0.2) is 8.60 Å². The van der Waals surface area contributed by atoms with Crippen LogP contribution in [0.2, 0.25) is 0 Å². The second kappa shape index (κ2) is 5.53. The highest BCUT2D eigenvalue weighted by molar-refractivity contribution is 7.86. The van der Waals surface area contributed by atoms with E-state index in [1.807, 2.05) is 0 Å². The van der Waals surface area contributed by atoms with Crippen molar-refractivity contribution < 1.29 is 48.1 Å². The van der Waals surface area contributed by atoms with Gasteiger partial charge in [0, 0.05) is 11.3 Å². The number of halogens is 10. The van der Waals surface area contributed by atoms with Gasteiger partial charge in [-0.05, 0) is 12.1 Å². The minimum absolute atomic E-state index is 0.0760. The summed E-state index contributed by atoms with van der Waals surface area (Å²) < 4.78 is 137. The Hall–Kier alpha value is -1.53. The molecule has 1 rings (SSSR count). The van der Waals surface area contributed by atoms with E-state index in [1.165, 1.54) is 0 Å². The fraction of sp³-hybridized carbons (Fsp3) is 0.400. The average Bonchev–Trinajstić information content (AvgIpc) is 2.33. The van der Waals surface area contributed by atoms with E-state index in [0.29, 0.717) is 0 Å². The van der Waals surface area contributed by atoms with Crippen LogP contribution in [0.1, 0.15) is 5.56 Å². The number of nitrogens with two attached hydrogens (primary N) is 1. The van der Waals surface area contributed by atoms with Crippen LogP contribution >= 0.6 is 0 Å². The summed E-state index contributed by atoms with van der Waals surface area (Å²) in [6.07, 6.45) is -13.0. The molecular formula is C10H5F10NOS. The molecular weight excluding hydrogens is 372 g/mol. The molecule has 0 aliphatic carbocycles. The van der Waals surface area contributed by atoms with Crippen LogP contribution in [0.5, 0.6) is 0 Å². The Morgan fingerprint density at radius 1 is 0.826 bits per heavy atom. The summed E-state index contributed by atoms with van der Waals surface area (Å²) in [4.78, 5) is -1.61. The highest BCUT2D eigenvalue weighted by Gasteiger charge is 2.73. The van der Waals surface area contributed by atoms with E-state index in [-0.39, 0.29) is 12.1 Å². The Bertz CT molecular complexity index is 604. The third-order valence-electron chi connectivity index (χ3n) is 2.60. The molecule has 2 N–H and O–H groups in total. The van der Waals surface area contributed by atoms with Crippen molar-refractivity contribution in [1.29, 1.82) is 0 Å². The maximum atomic E-state index is 13.7. The Kier molecular flexibility index (Phi) is 4.69. The number of nitrogen functional groups attached to an aromatic ring is 1. The van der Waals surface area contributed by atoms with Crippen LogP contribution in [0.3, 0.4) is 0 Å². The van der Waals surface area contributed by atoms with Gasteiger partial charge in [-0.1, -0.05) is 6.07 Å².